The van der Waals surface area contributed by atoms with Crippen LogP contribution >= 0.6 is 0 Å². The molecule has 1 saturated heterocycles. The summed E-state index contributed by atoms with van der Waals surface area (Å²) in [6, 6.07) is 16.7. The van der Waals surface area contributed by atoms with Crippen molar-refractivity contribution in [3.63, 3.8) is 0 Å². The highest BCUT2D eigenvalue weighted by molar-refractivity contribution is 5.83. The van der Waals surface area contributed by atoms with Gasteiger partial charge in [-0.3, -0.25) is 14.5 Å². The van der Waals surface area contributed by atoms with E-state index in [0.29, 0.717) is 24.7 Å². The number of rotatable bonds is 8. The maximum atomic E-state index is 13.9. The van der Waals surface area contributed by atoms with E-state index >= 15 is 0 Å². The molecule has 1 unspecified atom stereocenters. The summed E-state index contributed by atoms with van der Waals surface area (Å²) in [6.45, 7) is 6.99. The van der Waals surface area contributed by atoms with Crippen LogP contribution in [0.5, 0.6) is 0 Å². The normalized spacial score (nSPS) is 27.8. The van der Waals surface area contributed by atoms with Gasteiger partial charge in [-0.15, -0.1) is 0 Å². The smallest absolute Gasteiger partial charge is 0.237 e. The fraction of sp³-hybridized carbons (Fsp3) is 0.588. The van der Waals surface area contributed by atoms with Gasteiger partial charge in [0, 0.05) is 25.0 Å². The van der Waals surface area contributed by atoms with Crippen LogP contribution in [0.4, 0.5) is 0 Å². The molecule has 4 N–H and O–H groups in total. The molecule has 3 aliphatic rings. The molecule has 222 valence electrons. The molecule has 2 aliphatic carbocycles. The number of aliphatic hydroxyl groups excluding tert-OH is 2. The summed E-state index contributed by atoms with van der Waals surface area (Å²) in [4.78, 5) is 29.6. The molecule has 1 aliphatic heterocycles. The van der Waals surface area contributed by atoms with Crippen LogP contribution in [0.2, 0.25) is 0 Å². The van der Waals surface area contributed by atoms with Crippen molar-refractivity contribution in [3.05, 3.63) is 71.3 Å². The van der Waals surface area contributed by atoms with E-state index in [4.69, 9.17) is 0 Å². The minimum atomic E-state index is -0.978. The highest BCUT2D eigenvalue weighted by Gasteiger charge is 2.43. The van der Waals surface area contributed by atoms with Crippen molar-refractivity contribution in [1.29, 1.82) is 0 Å². The van der Waals surface area contributed by atoms with Gasteiger partial charge in [0.1, 0.15) is 0 Å². The number of β-amino-alcohol motifs (C(OH)–C–C–N with tert-alkyl or cyclic N) is 1. The van der Waals surface area contributed by atoms with Crippen molar-refractivity contribution in [1.82, 2.24) is 15.5 Å². The quantitative estimate of drug-likeness (QED) is 0.393. The van der Waals surface area contributed by atoms with Crippen molar-refractivity contribution in [3.8, 4) is 0 Å². The summed E-state index contributed by atoms with van der Waals surface area (Å²) in [5.74, 6) is 0.0444. The van der Waals surface area contributed by atoms with Crippen molar-refractivity contribution >= 4 is 11.8 Å². The number of hydrogen-bond acceptors (Lipinski definition) is 5. The third-order valence-electron chi connectivity index (χ3n) is 9.33. The predicted molar refractivity (Wildman–Crippen MR) is 160 cm³/mol. The summed E-state index contributed by atoms with van der Waals surface area (Å²) in [5, 5.41) is 28.8. The molecular formula is C34H47N3O4. The zero-order valence-electron chi connectivity index (χ0n) is 24.8. The number of amides is 2. The molecule has 7 nitrogen and oxygen atoms in total. The molecule has 0 bridgehead atoms. The van der Waals surface area contributed by atoms with E-state index in [1.165, 1.54) is 12.8 Å². The Hall–Kier alpha value is -2.74. The van der Waals surface area contributed by atoms with Crippen LogP contribution in [0.15, 0.2) is 54.6 Å². The number of carbonyl (C=O) groups is 2. The molecule has 7 atom stereocenters. The van der Waals surface area contributed by atoms with Gasteiger partial charge in [-0.25, -0.2) is 0 Å². The molecule has 1 saturated carbocycles. The van der Waals surface area contributed by atoms with Crippen LogP contribution in [0.1, 0.15) is 75.6 Å². The fourth-order valence-corrected chi connectivity index (χ4v) is 7.27. The van der Waals surface area contributed by atoms with Gasteiger partial charge in [-0.05, 0) is 68.6 Å². The summed E-state index contributed by atoms with van der Waals surface area (Å²) >= 11 is 0. The van der Waals surface area contributed by atoms with Crippen LogP contribution in [0.25, 0.3) is 0 Å². The van der Waals surface area contributed by atoms with Crippen LogP contribution in [0, 0.1) is 17.8 Å². The first-order valence-electron chi connectivity index (χ1n) is 15.4. The van der Waals surface area contributed by atoms with E-state index in [9.17, 15) is 19.8 Å². The van der Waals surface area contributed by atoms with E-state index in [0.717, 1.165) is 42.5 Å². The van der Waals surface area contributed by atoms with Gasteiger partial charge in [-0.2, -0.15) is 0 Å². The van der Waals surface area contributed by atoms with Gasteiger partial charge < -0.3 is 20.8 Å². The Labute approximate surface area is 244 Å². The highest BCUT2D eigenvalue weighted by atomic mass is 16.3. The maximum absolute atomic E-state index is 13.9. The molecule has 0 aromatic heterocycles. The standard InChI is InChI=1S/C34H47N3O4/c1-34(2,3)36-33(41)28-18-23-13-7-8-15-25(23)20-37(28)21-30(39)27(17-22-11-5-4-6-12-22)32(40)35-31-26-16-10-9-14-24(26)19-29(31)38/h4-6,9-12,14,16,23,25,27-31,38-39H,7-8,13,15,17-21H2,1-3H3,(H,35,40)(H,36,41)/t23-,25+,27+,28-,29+,30+,31?/m0/s1. The first-order chi connectivity index (χ1) is 19.6. The van der Waals surface area contributed by atoms with Gasteiger partial charge in [0.15, 0.2) is 0 Å². The largest absolute Gasteiger partial charge is 0.391 e. The van der Waals surface area contributed by atoms with Crippen molar-refractivity contribution in [2.75, 3.05) is 13.1 Å². The van der Waals surface area contributed by atoms with Gasteiger partial charge >= 0.3 is 0 Å². The SMILES string of the molecule is CC(C)(C)NC(=O)[C@@H]1C[C@@H]2CCCC[C@@H]2CN1C[C@@H](O)[C@@H](Cc1ccccc1)C(=O)NC1c2ccccc2C[C@H]1O. The second kappa shape index (κ2) is 12.6. The lowest BCUT2D eigenvalue weighted by molar-refractivity contribution is -0.134. The number of nitrogens with one attached hydrogen (secondary N) is 2. The molecule has 0 radical (unpaired) electrons. The number of carbonyl (C=O) groups excluding carboxylic acids is 2. The topological polar surface area (TPSA) is 102 Å². The first kappa shape index (κ1) is 29.7. The number of benzene rings is 2. The second-order valence-corrected chi connectivity index (χ2v) is 13.6. The summed E-state index contributed by atoms with van der Waals surface area (Å²) in [5.41, 5.74) is 2.58. The van der Waals surface area contributed by atoms with Crippen LogP contribution in [-0.4, -0.2) is 63.8 Å². The summed E-state index contributed by atoms with van der Waals surface area (Å²) in [6.07, 6.45) is 4.71. The van der Waals surface area contributed by atoms with Crippen LogP contribution < -0.4 is 10.6 Å². The van der Waals surface area contributed by atoms with Crippen molar-refractivity contribution < 1.29 is 19.8 Å². The second-order valence-electron chi connectivity index (χ2n) is 13.6. The number of likely N-dealkylation sites (tertiary alicyclic amines) is 1. The first-order valence-corrected chi connectivity index (χ1v) is 15.4. The third kappa shape index (κ3) is 7.19. The Kier molecular flexibility index (Phi) is 9.17. The average molecular weight is 562 g/mol. The summed E-state index contributed by atoms with van der Waals surface area (Å²) in [7, 11) is 0. The highest BCUT2D eigenvalue weighted by Crippen LogP contribution is 2.39. The molecule has 1 heterocycles. The Bertz CT molecular complexity index is 1200. The summed E-state index contributed by atoms with van der Waals surface area (Å²) < 4.78 is 0. The zero-order chi connectivity index (χ0) is 29.1. The lowest BCUT2D eigenvalue weighted by atomic mass is 9.72. The van der Waals surface area contributed by atoms with Crippen molar-refractivity contribution in [2.24, 2.45) is 17.8 Å². The Balaban J connectivity index is 1.37. The molecular weight excluding hydrogens is 514 g/mol. The molecule has 0 spiro atoms. The fourth-order valence-electron chi connectivity index (χ4n) is 7.27. The maximum Gasteiger partial charge on any atom is 0.237 e. The third-order valence-corrected chi connectivity index (χ3v) is 9.33. The van der Waals surface area contributed by atoms with Crippen molar-refractivity contribution in [2.45, 2.75) is 95.5 Å². The van der Waals surface area contributed by atoms with E-state index in [2.05, 4.69) is 15.5 Å². The number of hydrogen-bond donors (Lipinski definition) is 4. The molecule has 5 rings (SSSR count). The number of piperidine rings is 1. The van der Waals surface area contributed by atoms with Crippen LogP contribution in [0.3, 0.4) is 0 Å². The van der Waals surface area contributed by atoms with Crippen LogP contribution in [-0.2, 0) is 22.4 Å². The van der Waals surface area contributed by atoms with E-state index in [1.54, 1.807) is 0 Å². The molecule has 2 aromatic carbocycles. The van der Waals surface area contributed by atoms with Gasteiger partial charge in [0.05, 0.1) is 30.2 Å². The molecule has 2 fully saturated rings. The van der Waals surface area contributed by atoms with Gasteiger partial charge in [-0.1, -0.05) is 73.9 Å². The van der Waals surface area contributed by atoms with Gasteiger partial charge in [0.25, 0.3) is 0 Å². The van der Waals surface area contributed by atoms with Gasteiger partial charge in [0.2, 0.25) is 11.8 Å². The Morgan fingerprint density at radius 1 is 1.00 bits per heavy atom. The molecule has 2 aromatic rings. The predicted octanol–water partition coefficient (Wildman–Crippen LogP) is 3.78. The number of fused-ring (bicyclic) bond motifs is 2. The number of aliphatic hydroxyl groups is 2. The lowest BCUT2D eigenvalue weighted by Gasteiger charge is -2.47. The minimum absolute atomic E-state index is 0.00321. The molecule has 41 heavy (non-hydrogen) atoms. The molecule has 7 heteroatoms. The Morgan fingerprint density at radius 3 is 2.41 bits per heavy atom. The Morgan fingerprint density at radius 2 is 1.68 bits per heavy atom. The molecule has 2 amide bonds. The number of nitrogens with zero attached hydrogens (tertiary/aromatic N) is 1. The average Bonchev–Trinajstić information content (AvgIpc) is 3.25. The van der Waals surface area contributed by atoms with E-state index in [1.807, 2.05) is 75.4 Å². The monoisotopic (exact) mass is 561 g/mol. The zero-order valence-corrected chi connectivity index (χ0v) is 24.8. The lowest BCUT2D eigenvalue weighted by Crippen LogP contribution is -2.59. The van der Waals surface area contributed by atoms with E-state index < -0.39 is 24.2 Å². The minimum Gasteiger partial charge on any atom is -0.391 e. The van der Waals surface area contributed by atoms with E-state index in [-0.39, 0.29) is 29.9 Å².